The Hall–Kier alpha value is -0.120. The third-order valence-corrected chi connectivity index (χ3v) is 4.43. The third kappa shape index (κ3) is 4.87. The molecule has 0 saturated carbocycles. The molecular formula is C15H32N2O. The Morgan fingerprint density at radius 1 is 1.44 bits per heavy atom. The summed E-state index contributed by atoms with van der Waals surface area (Å²) in [5.74, 6) is 0.481. The highest BCUT2D eigenvalue weighted by Gasteiger charge is 2.31. The highest BCUT2D eigenvalue weighted by Crippen LogP contribution is 2.27. The average molecular weight is 256 g/mol. The summed E-state index contributed by atoms with van der Waals surface area (Å²) in [6.45, 7) is 14.4. The van der Waals surface area contributed by atoms with Gasteiger partial charge in [0.15, 0.2) is 0 Å². The Labute approximate surface area is 113 Å². The van der Waals surface area contributed by atoms with E-state index < -0.39 is 0 Å². The van der Waals surface area contributed by atoms with Crippen LogP contribution in [0.2, 0.25) is 0 Å². The van der Waals surface area contributed by atoms with Crippen LogP contribution in [0.25, 0.3) is 0 Å². The van der Waals surface area contributed by atoms with Crippen molar-refractivity contribution in [2.24, 2.45) is 11.3 Å². The first-order valence-corrected chi connectivity index (χ1v) is 7.62. The third-order valence-electron chi connectivity index (χ3n) is 4.43. The summed E-state index contributed by atoms with van der Waals surface area (Å²) in [5.41, 5.74) is 0.364. The fraction of sp³-hybridized carbons (Fsp3) is 1.00. The van der Waals surface area contributed by atoms with Crippen LogP contribution < -0.4 is 5.32 Å². The molecule has 0 bridgehead atoms. The second kappa shape index (κ2) is 7.46. The maximum Gasteiger partial charge on any atom is 0.0552 e. The number of nitrogens with zero attached hydrogens (tertiary/aromatic N) is 1. The van der Waals surface area contributed by atoms with Gasteiger partial charge >= 0.3 is 0 Å². The molecule has 0 aromatic carbocycles. The molecule has 1 heterocycles. The molecule has 3 atom stereocenters. The molecule has 0 aromatic heterocycles. The smallest absolute Gasteiger partial charge is 0.0552 e. The van der Waals surface area contributed by atoms with Gasteiger partial charge in [-0.1, -0.05) is 20.8 Å². The molecule has 2 N–H and O–H groups in total. The second-order valence-corrected chi connectivity index (χ2v) is 6.37. The first kappa shape index (κ1) is 15.9. The summed E-state index contributed by atoms with van der Waals surface area (Å²) >= 11 is 0. The van der Waals surface area contributed by atoms with Crippen LogP contribution in [0.1, 0.15) is 47.0 Å². The molecule has 1 fully saturated rings. The fourth-order valence-electron chi connectivity index (χ4n) is 2.80. The van der Waals surface area contributed by atoms with Gasteiger partial charge in [0.2, 0.25) is 0 Å². The van der Waals surface area contributed by atoms with Crippen LogP contribution in [0.3, 0.4) is 0 Å². The van der Waals surface area contributed by atoms with Gasteiger partial charge in [-0.25, -0.2) is 0 Å². The SMILES string of the molecule is CCCNCC(C)(CC)CN1CCC(C(C)O)C1. The Bertz CT molecular complexity index is 233. The topological polar surface area (TPSA) is 35.5 Å². The molecule has 0 aromatic rings. The minimum absolute atomic E-state index is 0.152. The molecule has 1 saturated heterocycles. The number of rotatable bonds is 8. The Morgan fingerprint density at radius 3 is 2.67 bits per heavy atom. The van der Waals surface area contributed by atoms with Crippen LogP contribution in [-0.4, -0.2) is 48.8 Å². The van der Waals surface area contributed by atoms with Crippen LogP contribution in [0, 0.1) is 11.3 Å². The van der Waals surface area contributed by atoms with Gasteiger partial charge in [-0.3, -0.25) is 0 Å². The van der Waals surface area contributed by atoms with E-state index in [0.29, 0.717) is 11.3 Å². The summed E-state index contributed by atoms with van der Waals surface area (Å²) in [5, 5.41) is 13.2. The van der Waals surface area contributed by atoms with E-state index in [4.69, 9.17) is 0 Å². The average Bonchev–Trinajstić information content (AvgIpc) is 2.78. The molecule has 0 amide bonds. The van der Waals surface area contributed by atoms with Crippen LogP contribution in [0.15, 0.2) is 0 Å². The van der Waals surface area contributed by atoms with Gasteiger partial charge in [-0.2, -0.15) is 0 Å². The van der Waals surface area contributed by atoms with Crippen molar-refractivity contribution in [2.45, 2.75) is 53.1 Å². The summed E-state index contributed by atoms with van der Waals surface area (Å²) in [7, 11) is 0. The first-order chi connectivity index (χ1) is 8.50. The summed E-state index contributed by atoms with van der Waals surface area (Å²) in [6.07, 6.45) is 3.41. The van der Waals surface area contributed by atoms with Gasteiger partial charge in [-0.05, 0) is 50.6 Å². The molecule has 1 aliphatic heterocycles. The molecule has 0 aliphatic carbocycles. The van der Waals surface area contributed by atoms with E-state index >= 15 is 0 Å². The van der Waals surface area contributed by atoms with E-state index in [0.717, 1.165) is 39.1 Å². The van der Waals surface area contributed by atoms with Gasteiger partial charge in [0, 0.05) is 19.6 Å². The zero-order valence-electron chi connectivity index (χ0n) is 12.7. The number of likely N-dealkylation sites (tertiary alicyclic amines) is 1. The molecule has 108 valence electrons. The number of nitrogens with one attached hydrogen (secondary N) is 1. The van der Waals surface area contributed by atoms with Gasteiger partial charge in [0.05, 0.1) is 6.10 Å². The monoisotopic (exact) mass is 256 g/mol. The molecule has 18 heavy (non-hydrogen) atoms. The fourth-order valence-corrected chi connectivity index (χ4v) is 2.80. The molecule has 3 unspecified atom stereocenters. The molecular weight excluding hydrogens is 224 g/mol. The number of hydrogen-bond acceptors (Lipinski definition) is 3. The number of aliphatic hydroxyl groups excluding tert-OH is 1. The molecule has 3 heteroatoms. The molecule has 0 spiro atoms. The Kier molecular flexibility index (Phi) is 6.61. The van der Waals surface area contributed by atoms with Crippen LogP contribution in [0.5, 0.6) is 0 Å². The lowest BCUT2D eigenvalue weighted by Crippen LogP contribution is -2.41. The van der Waals surface area contributed by atoms with Crippen molar-refractivity contribution >= 4 is 0 Å². The normalized spacial score (nSPS) is 26.2. The van der Waals surface area contributed by atoms with Crippen molar-refractivity contribution in [3.05, 3.63) is 0 Å². The minimum Gasteiger partial charge on any atom is -0.393 e. The van der Waals surface area contributed by atoms with Crippen molar-refractivity contribution in [1.82, 2.24) is 10.2 Å². The molecule has 1 aliphatic rings. The van der Waals surface area contributed by atoms with Gasteiger partial charge in [0.1, 0.15) is 0 Å². The van der Waals surface area contributed by atoms with Crippen molar-refractivity contribution < 1.29 is 5.11 Å². The predicted molar refractivity (Wildman–Crippen MR) is 77.8 cm³/mol. The lowest BCUT2D eigenvalue weighted by Gasteiger charge is -2.33. The molecule has 1 rings (SSSR count). The largest absolute Gasteiger partial charge is 0.393 e. The quantitative estimate of drug-likeness (QED) is 0.653. The van der Waals surface area contributed by atoms with Crippen molar-refractivity contribution in [3.8, 4) is 0 Å². The highest BCUT2D eigenvalue weighted by molar-refractivity contribution is 4.85. The lowest BCUT2D eigenvalue weighted by atomic mass is 9.86. The molecule has 3 nitrogen and oxygen atoms in total. The Morgan fingerprint density at radius 2 is 2.17 bits per heavy atom. The van der Waals surface area contributed by atoms with Crippen LogP contribution >= 0.6 is 0 Å². The van der Waals surface area contributed by atoms with E-state index in [1.807, 2.05) is 6.92 Å². The van der Waals surface area contributed by atoms with E-state index in [2.05, 4.69) is 31.0 Å². The Balaban J connectivity index is 2.38. The summed E-state index contributed by atoms with van der Waals surface area (Å²) < 4.78 is 0. The van der Waals surface area contributed by atoms with Crippen LogP contribution in [0.4, 0.5) is 0 Å². The maximum atomic E-state index is 9.66. The van der Waals surface area contributed by atoms with Gasteiger partial charge in [-0.15, -0.1) is 0 Å². The number of aliphatic hydroxyl groups is 1. The summed E-state index contributed by atoms with van der Waals surface area (Å²) in [4.78, 5) is 2.54. The van der Waals surface area contributed by atoms with E-state index in [1.54, 1.807) is 0 Å². The maximum absolute atomic E-state index is 9.66. The number of hydrogen-bond donors (Lipinski definition) is 2. The van der Waals surface area contributed by atoms with Crippen LogP contribution in [-0.2, 0) is 0 Å². The van der Waals surface area contributed by atoms with Gasteiger partial charge < -0.3 is 15.3 Å². The van der Waals surface area contributed by atoms with E-state index in [-0.39, 0.29) is 6.10 Å². The predicted octanol–water partition coefficient (Wildman–Crippen LogP) is 2.11. The second-order valence-electron chi connectivity index (χ2n) is 6.37. The van der Waals surface area contributed by atoms with Gasteiger partial charge in [0.25, 0.3) is 0 Å². The lowest BCUT2D eigenvalue weighted by molar-refractivity contribution is 0.118. The van der Waals surface area contributed by atoms with Crippen molar-refractivity contribution in [1.29, 1.82) is 0 Å². The van der Waals surface area contributed by atoms with Crippen molar-refractivity contribution in [2.75, 3.05) is 32.7 Å². The zero-order valence-corrected chi connectivity index (χ0v) is 12.7. The summed E-state index contributed by atoms with van der Waals surface area (Å²) in [6, 6.07) is 0. The highest BCUT2D eigenvalue weighted by atomic mass is 16.3. The molecule has 0 radical (unpaired) electrons. The van der Waals surface area contributed by atoms with E-state index in [1.165, 1.54) is 12.8 Å². The first-order valence-electron chi connectivity index (χ1n) is 7.62. The minimum atomic E-state index is -0.152. The zero-order chi connectivity index (χ0) is 13.6. The van der Waals surface area contributed by atoms with Crippen molar-refractivity contribution in [3.63, 3.8) is 0 Å². The van der Waals surface area contributed by atoms with E-state index in [9.17, 15) is 5.11 Å². The standard InChI is InChI=1S/C15H32N2O/c1-5-8-16-11-15(4,6-2)12-17-9-7-14(10-17)13(3)18/h13-14,16,18H,5-12H2,1-4H3.